The van der Waals surface area contributed by atoms with E-state index in [-0.39, 0.29) is 17.9 Å². The fourth-order valence-corrected chi connectivity index (χ4v) is 3.99. The number of allylic oxidation sites excluding steroid dienone is 2. The lowest BCUT2D eigenvalue weighted by atomic mass is 9.99. The summed E-state index contributed by atoms with van der Waals surface area (Å²) in [6.07, 6.45) is 10.1. The summed E-state index contributed by atoms with van der Waals surface area (Å²) in [5, 5.41) is 3.58. The fourth-order valence-electron chi connectivity index (χ4n) is 3.99. The van der Waals surface area contributed by atoms with Crippen molar-refractivity contribution in [3.63, 3.8) is 0 Å². The zero-order valence-electron chi connectivity index (χ0n) is 17.3. The lowest BCUT2D eigenvalue weighted by molar-refractivity contribution is 0.115. The average Bonchev–Trinajstić information content (AvgIpc) is 2.77. The summed E-state index contributed by atoms with van der Waals surface area (Å²) >= 11 is 0. The topological polar surface area (TPSA) is 81.3 Å². The molecule has 2 atom stereocenters. The van der Waals surface area contributed by atoms with E-state index in [2.05, 4.69) is 50.5 Å². The Bertz CT molecular complexity index is 931. The highest BCUT2D eigenvalue weighted by Gasteiger charge is 2.33. The van der Waals surface area contributed by atoms with E-state index < -0.39 is 0 Å². The van der Waals surface area contributed by atoms with Gasteiger partial charge in [-0.15, -0.1) is 0 Å². The van der Waals surface area contributed by atoms with Crippen LogP contribution in [-0.4, -0.2) is 53.2 Å². The first kappa shape index (κ1) is 20.2. The summed E-state index contributed by atoms with van der Waals surface area (Å²) in [5.41, 5.74) is 4.28. The van der Waals surface area contributed by atoms with Crippen molar-refractivity contribution < 1.29 is 4.39 Å². The number of halogens is 1. The molecule has 1 saturated heterocycles. The lowest BCUT2D eigenvalue weighted by Gasteiger charge is -2.46. The second-order valence-electron chi connectivity index (χ2n) is 7.94. The molecular formula is C22H28FN7. The van der Waals surface area contributed by atoms with Gasteiger partial charge < -0.3 is 15.1 Å². The molecule has 1 aliphatic carbocycles. The average molecular weight is 410 g/mol. The van der Waals surface area contributed by atoms with Crippen molar-refractivity contribution in [2.75, 3.05) is 19.6 Å². The van der Waals surface area contributed by atoms with Gasteiger partial charge in [0, 0.05) is 19.6 Å². The normalized spacial score (nSPS) is 23.7. The van der Waals surface area contributed by atoms with E-state index in [0.29, 0.717) is 17.6 Å². The Morgan fingerprint density at radius 3 is 2.97 bits per heavy atom. The predicted octanol–water partition coefficient (Wildman–Crippen LogP) is 2.26. The maximum Gasteiger partial charge on any atom is 0.214 e. The molecule has 1 aromatic rings. The van der Waals surface area contributed by atoms with Crippen molar-refractivity contribution >= 4 is 17.4 Å². The van der Waals surface area contributed by atoms with E-state index in [0.717, 1.165) is 31.2 Å². The van der Waals surface area contributed by atoms with Crippen LogP contribution < -0.4 is 16.6 Å². The van der Waals surface area contributed by atoms with Crippen LogP contribution in [0.3, 0.4) is 0 Å². The molecule has 4 N–H and O–H groups in total. The van der Waals surface area contributed by atoms with Crippen LogP contribution in [0.15, 0.2) is 70.6 Å². The minimum absolute atomic E-state index is 0.112. The van der Waals surface area contributed by atoms with Gasteiger partial charge in [-0.1, -0.05) is 38.1 Å². The molecule has 0 amide bonds. The summed E-state index contributed by atoms with van der Waals surface area (Å²) in [6.45, 7) is 6.70. The highest BCUT2D eigenvalue weighted by atomic mass is 19.1. The monoisotopic (exact) mass is 409 g/mol. The first-order chi connectivity index (χ1) is 14.5. The Morgan fingerprint density at radius 2 is 2.20 bits per heavy atom. The lowest BCUT2D eigenvalue weighted by Crippen LogP contribution is -2.61. The maximum absolute atomic E-state index is 13.6. The number of nitrogens with zero attached hydrogens (tertiary/aromatic N) is 4. The third-order valence-corrected chi connectivity index (χ3v) is 5.61. The Labute approximate surface area is 176 Å². The van der Waals surface area contributed by atoms with Gasteiger partial charge >= 0.3 is 0 Å². The molecule has 4 rings (SSSR count). The van der Waals surface area contributed by atoms with Crippen LogP contribution in [0.4, 0.5) is 10.1 Å². The first-order valence-electron chi connectivity index (χ1n) is 10.3. The van der Waals surface area contributed by atoms with Crippen molar-refractivity contribution in [1.82, 2.24) is 20.5 Å². The van der Waals surface area contributed by atoms with Gasteiger partial charge in [0.05, 0.1) is 29.7 Å². The summed E-state index contributed by atoms with van der Waals surface area (Å²) in [4.78, 5) is 13.7. The van der Waals surface area contributed by atoms with Gasteiger partial charge in [-0.05, 0) is 30.2 Å². The van der Waals surface area contributed by atoms with Crippen LogP contribution in [0.5, 0.6) is 0 Å². The van der Waals surface area contributed by atoms with E-state index in [9.17, 15) is 4.39 Å². The zero-order chi connectivity index (χ0) is 21.1. The Balaban J connectivity index is 1.53. The summed E-state index contributed by atoms with van der Waals surface area (Å²) in [5.74, 6) is 7.43. The van der Waals surface area contributed by atoms with Crippen LogP contribution in [0.2, 0.25) is 0 Å². The standard InChI is InChI=1S/C22H28FN7/c1-15(2)20-14-29(21-13-25-18-8-3-4-9-19(18)27-21)10-11-30(20)22(28-24)26-17-7-5-6-16(23)12-17/h3-9,12-13,15,19-20,27H,10-11,14,24H2,1-2H3,(H,26,28). The van der Waals surface area contributed by atoms with E-state index in [1.807, 2.05) is 24.4 Å². The SMILES string of the molecule is CC(C)C1CN(C2=CN=C3C=CC=CC3N2)CCN1C(=Nc1cccc(F)c1)NN. The van der Waals surface area contributed by atoms with E-state index >= 15 is 0 Å². The largest absolute Gasteiger partial charge is 0.359 e. The van der Waals surface area contributed by atoms with E-state index in [1.165, 1.54) is 12.1 Å². The number of benzene rings is 1. The van der Waals surface area contributed by atoms with Gasteiger partial charge in [0.25, 0.3) is 0 Å². The van der Waals surface area contributed by atoms with Crippen molar-refractivity contribution in [3.8, 4) is 0 Å². The number of fused-ring (bicyclic) bond motifs is 1. The van der Waals surface area contributed by atoms with Gasteiger partial charge in [0.1, 0.15) is 11.6 Å². The molecule has 0 aromatic heterocycles. The molecule has 3 aliphatic rings. The van der Waals surface area contributed by atoms with Crippen LogP contribution in [0, 0.1) is 11.7 Å². The maximum atomic E-state index is 13.6. The van der Waals surface area contributed by atoms with E-state index in [1.54, 1.807) is 12.1 Å². The third-order valence-electron chi connectivity index (χ3n) is 5.61. The van der Waals surface area contributed by atoms with E-state index in [4.69, 9.17) is 5.84 Å². The number of rotatable bonds is 3. The number of hydrogen-bond acceptors (Lipinski definition) is 5. The molecule has 7 nitrogen and oxygen atoms in total. The molecule has 1 aromatic carbocycles. The van der Waals surface area contributed by atoms with Crippen molar-refractivity contribution in [3.05, 3.63) is 66.4 Å². The second kappa shape index (κ2) is 8.71. The number of piperazine rings is 1. The smallest absolute Gasteiger partial charge is 0.214 e. The second-order valence-corrected chi connectivity index (χ2v) is 7.94. The zero-order valence-corrected chi connectivity index (χ0v) is 17.3. The molecule has 0 saturated carbocycles. The first-order valence-corrected chi connectivity index (χ1v) is 10.3. The van der Waals surface area contributed by atoms with Crippen LogP contribution in [0.25, 0.3) is 0 Å². The molecular weight excluding hydrogens is 381 g/mol. The van der Waals surface area contributed by atoms with Crippen molar-refractivity contribution in [2.24, 2.45) is 21.7 Å². The quantitative estimate of drug-likeness (QED) is 0.309. The molecule has 8 heteroatoms. The Kier molecular flexibility index (Phi) is 5.85. The van der Waals surface area contributed by atoms with Gasteiger partial charge in [-0.25, -0.2) is 15.2 Å². The minimum atomic E-state index is -0.320. The van der Waals surface area contributed by atoms with Crippen LogP contribution >= 0.6 is 0 Å². The van der Waals surface area contributed by atoms with Crippen LogP contribution in [-0.2, 0) is 0 Å². The predicted molar refractivity (Wildman–Crippen MR) is 118 cm³/mol. The van der Waals surface area contributed by atoms with Crippen LogP contribution in [0.1, 0.15) is 13.8 Å². The third kappa shape index (κ3) is 4.23. The number of guanidine groups is 1. The summed E-state index contributed by atoms with van der Waals surface area (Å²) in [6, 6.07) is 6.50. The summed E-state index contributed by atoms with van der Waals surface area (Å²) in [7, 11) is 0. The molecule has 0 radical (unpaired) electrons. The highest BCUT2D eigenvalue weighted by Crippen LogP contribution is 2.23. The summed E-state index contributed by atoms with van der Waals surface area (Å²) < 4.78 is 13.6. The Morgan fingerprint density at radius 1 is 1.33 bits per heavy atom. The van der Waals surface area contributed by atoms with Gasteiger partial charge in [0.15, 0.2) is 0 Å². The molecule has 1 fully saturated rings. The molecule has 2 unspecified atom stereocenters. The molecule has 2 heterocycles. The molecule has 0 bridgehead atoms. The number of hydrogen-bond donors (Lipinski definition) is 3. The molecule has 2 aliphatic heterocycles. The van der Waals surface area contributed by atoms with Crippen molar-refractivity contribution in [2.45, 2.75) is 25.9 Å². The molecule has 30 heavy (non-hydrogen) atoms. The fraction of sp³-hybridized carbons (Fsp3) is 0.364. The number of nitrogens with two attached hydrogens (primary N) is 1. The Hall–Kier alpha value is -3.13. The van der Waals surface area contributed by atoms with Gasteiger partial charge in [-0.2, -0.15) is 0 Å². The number of aliphatic imine (C=N–C) groups is 2. The minimum Gasteiger partial charge on any atom is -0.359 e. The highest BCUT2D eigenvalue weighted by molar-refractivity contribution is 6.02. The number of nitrogens with one attached hydrogen (secondary N) is 2. The van der Waals surface area contributed by atoms with Gasteiger partial charge in [-0.3, -0.25) is 10.4 Å². The van der Waals surface area contributed by atoms with Crippen molar-refractivity contribution in [1.29, 1.82) is 0 Å². The molecule has 158 valence electrons. The van der Waals surface area contributed by atoms with Gasteiger partial charge in [0.2, 0.25) is 5.96 Å². The number of hydrazine groups is 1. The molecule has 0 spiro atoms.